The predicted octanol–water partition coefficient (Wildman–Crippen LogP) is 2.86. The van der Waals surface area contributed by atoms with Gasteiger partial charge in [0.15, 0.2) is 5.82 Å². The van der Waals surface area contributed by atoms with E-state index in [9.17, 15) is 9.59 Å². The fourth-order valence-electron chi connectivity index (χ4n) is 4.88. The molecule has 12 nitrogen and oxygen atoms in total. The minimum absolute atomic E-state index is 0.114. The summed E-state index contributed by atoms with van der Waals surface area (Å²) in [5.41, 5.74) is 4.95. The zero-order valence-electron chi connectivity index (χ0n) is 20.8. The first-order valence-corrected chi connectivity index (χ1v) is 12.5. The second-order valence-electron chi connectivity index (χ2n) is 9.26. The number of ether oxygens (including phenoxy) is 1. The van der Waals surface area contributed by atoms with Crippen LogP contribution in [-0.4, -0.2) is 85.7 Å². The quantitative estimate of drug-likeness (QED) is 0.357. The Labute approximate surface area is 218 Å². The number of anilines is 1. The lowest BCUT2D eigenvalue weighted by Crippen LogP contribution is -2.51. The molecule has 4 aromatic rings. The molecule has 5 heterocycles. The van der Waals surface area contributed by atoms with Crippen LogP contribution in [-0.2, 0) is 11.3 Å². The molecule has 3 N–H and O–H groups in total. The van der Waals surface area contributed by atoms with Gasteiger partial charge in [-0.2, -0.15) is 0 Å². The van der Waals surface area contributed by atoms with Crippen LogP contribution in [0, 0.1) is 0 Å². The molecule has 0 bridgehead atoms. The van der Waals surface area contributed by atoms with E-state index in [1.165, 1.54) is 0 Å². The topological polar surface area (TPSA) is 141 Å². The number of carbonyl (C=O) groups is 2. The first kappa shape index (κ1) is 23.8. The lowest BCUT2D eigenvalue weighted by molar-refractivity contribution is 0.114. The van der Waals surface area contributed by atoms with Crippen LogP contribution >= 0.6 is 0 Å². The van der Waals surface area contributed by atoms with E-state index in [1.54, 1.807) is 18.5 Å². The normalized spacial score (nSPS) is 17.3. The first-order chi connectivity index (χ1) is 18.6. The van der Waals surface area contributed by atoms with Crippen LogP contribution in [0.5, 0.6) is 0 Å². The van der Waals surface area contributed by atoms with Crippen LogP contribution in [0.25, 0.3) is 33.5 Å². The molecule has 1 unspecified atom stereocenters. The lowest BCUT2D eigenvalue weighted by Gasteiger charge is -2.35. The summed E-state index contributed by atoms with van der Waals surface area (Å²) in [7, 11) is 0. The first-order valence-electron chi connectivity index (χ1n) is 12.5. The van der Waals surface area contributed by atoms with Crippen LogP contribution < -0.4 is 10.6 Å². The van der Waals surface area contributed by atoms with Crippen molar-refractivity contribution < 1.29 is 14.3 Å². The number of hydrogen-bond acceptors (Lipinski definition) is 8. The SMILES string of the molecule is CCNC(=O)Nc1nc2c(-c3ncccn3)cc(-c3ccc(CN4CCN5C(=O)OCC5C4)nc3)cc2[nH]1. The zero-order chi connectivity index (χ0) is 26.1. The number of carbonyl (C=O) groups excluding carboxylic acids is 2. The van der Waals surface area contributed by atoms with E-state index >= 15 is 0 Å². The highest BCUT2D eigenvalue weighted by atomic mass is 16.6. The van der Waals surface area contributed by atoms with Gasteiger partial charge in [-0.1, -0.05) is 6.07 Å². The number of aromatic nitrogens is 5. The number of benzene rings is 1. The van der Waals surface area contributed by atoms with Gasteiger partial charge in [-0.3, -0.25) is 20.1 Å². The Morgan fingerprint density at radius 3 is 2.82 bits per heavy atom. The zero-order valence-corrected chi connectivity index (χ0v) is 20.8. The molecule has 2 fully saturated rings. The van der Waals surface area contributed by atoms with Crippen LogP contribution in [0.4, 0.5) is 15.5 Å². The lowest BCUT2D eigenvalue weighted by atomic mass is 10.0. The van der Waals surface area contributed by atoms with Crippen molar-refractivity contribution >= 4 is 29.1 Å². The van der Waals surface area contributed by atoms with E-state index in [-0.39, 0.29) is 18.2 Å². The van der Waals surface area contributed by atoms with Gasteiger partial charge in [-0.15, -0.1) is 0 Å². The molecule has 0 radical (unpaired) electrons. The molecule has 2 saturated heterocycles. The van der Waals surface area contributed by atoms with Crippen molar-refractivity contribution in [1.29, 1.82) is 0 Å². The number of cyclic esters (lactones) is 1. The second kappa shape index (κ2) is 10.1. The highest BCUT2D eigenvalue weighted by Crippen LogP contribution is 2.32. The smallest absolute Gasteiger partial charge is 0.410 e. The van der Waals surface area contributed by atoms with E-state index in [2.05, 4.69) is 35.5 Å². The molecule has 0 spiro atoms. The summed E-state index contributed by atoms with van der Waals surface area (Å²) in [5, 5.41) is 5.43. The van der Waals surface area contributed by atoms with Crippen molar-refractivity contribution in [1.82, 2.24) is 40.0 Å². The minimum Gasteiger partial charge on any atom is -0.447 e. The number of fused-ring (bicyclic) bond motifs is 2. The summed E-state index contributed by atoms with van der Waals surface area (Å²) in [6, 6.07) is 9.57. The van der Waals surface area contributed by atoms with E-state index in [0.717, 1.165) is 41.0 Å². The van der Waals surface area contributed by atoms with Crippen molar-refractivity contribution in [2.45, 2.75) is 19.5 Å². The number of H-pyrrole nitrogens is 1. The molecule has 1 atom stereocenters. The summed E-state index contributed by atoms with van der Waals surface area (Å²) < 4.78 is 5.17. The van der Waals surface area contributed by atoms with Gasteiger partial charge in [0, 0.05) is 62.4 Å². The predicted molar refractivity (Wildman–Crippen MR) is 140 cm³/mol. The van der Waals surface area contributed by atoms with Crippen LogP contribution in [0.15, 0.2) is 48.9 Å². The van der Waals surface area contributed by atoms with E-state index < -0.39 is 0 Å². The molecule has 3 aromatic heterocycles. The molecule has 6 rings (SSSR count). The molecule has 12 heteroatoms. The maximum absolute atomic E-state index is 12.0. The summed E-state index contributed by atoms with van der Waals surface area (Å²) in [5.74, 6) is 0.872. The summed E-state index contributed by atoms with van der Waals surface area (Å²) in [6.45, 7) is 5.75. The molecule has 0 saturated carbocycles. The Morgan fingerprint density at radius 1 is 1.16 bits per heavy atom. The van der Waals surface area contributed by atoms with E-state index in [4.69, 9.17) is 9.72 Å². The van der Waals surface area contributed by atoms with Gasteiger partial charge in [0.25, 0.3) is 0 Å². The summed E-state index contributed by atoms with van der Waals surface area (Å²) >= 11 is 0. The van der Waals surface area contributed by atoms with Crippen molar-refractivity contribution in [3.63, 3.8) is 0 Å². The maximum atomic E-state index is 12.0. The highest BCUT2D eigenvalue weighted by Gasteiger charge is 2.37. The minimum atomic E-state index is -0.336. The largest absolute Gasteiger partial charge is 0.447 e. The third-order valence-corrected chi connectivity index (χ3v) is 6.71. The molecule has 3 amide bonds. The number of aromatic amines is 1. The number of rotatable bonds is 6. The second-order valence-corrected chi connectivity index (χ2v) is 9.26. The molecular weight excluding hydrogens is 486 g/mol. The van der Waals surface area contributed by atoms with Gasteiger partial charge in [-0.05, 0) is 36.8 Å². The average molecular weight is 514 g/mol. The number of imidazole rings is 1. The molecule has 38 heavy (non-hydrogen) atoms. The Bertz CT molecular complexity index is 1470. The fourth-order valence-corrected chi connectivity index (χ4v) is 4.88. The number of nitrogens with one attached hydrogen (secondary N) is 3. The number of hydrogen-bond donors (Lipinski definition) is 3. The Morgan fingerprint density at radius 2 is 2.03 bits per heavy atom. The molecule has 2 aliphatic heterocycles. The third kappa shape index (κ3) is 4.73. The van der Waals surface area contributed by atoms with Crippen molar-refractivity contribution in [2.24, 2.45) is 0 Å². The van der Waals surface area contributed by atoms with Gasteiger partial charge < -0.3 is 15.0 Å². The van der Waals surface area contributed by atoms with Crippen molar-refractivity contribution in [3.8, 4) is 22.5 Å². The van der Waals surface area contributed by atoms with Crippen LogP contribution in [0.1, 0.15) is 12.6 Å². The van der Waals surface area contributed by atoms with Crippen LogP contribution in [0.3, 0.4) is 0 Å². The number of urea groups is 1. The molecule has 0 aliphatic carbocycles. The Hall–Kier alpha value is -4.58. The molecule has 2 aliphatic rings. The van der Waals surface area contributed by atoms with Gasteiger partial charge in [-0.25, -0.2) is 24.5 Å². The number of nitrogens with zero attached hydrogens (tertiary/aromatic N) is 6. The average Bonchev–Trinajstić information content (AvgIpc) is 3.51. The van der Waals surface area contributed by atoms with Crippen molar-refractivity contribution in [3.05, 3.63) is 54.6 Å². The fraction of sp³-hybridized carbons (Fsp3) is 0.308. The Kier molecular flexibility index (Phi) is 6.30. The molecule has 194 valence electrons. The van der Waals surface area contributed by atoms with Gasteiger partial charge in [0.05, 0.1) is 17.3 Å². The number of piperazine rings is 1. The van der Waals surface area contributed by atoms with Crippen LogP contribution in [0.2, 0.25) is 0 Å². The van der Waals surface area contributed by atoms with Crippen molar-refractivity contribution in [2.75, 3.05) is 38.1 Å². The van der Waals surface area contributed by atoms with E-state index in [1.807, 2.05) is 42.3 Å². The highest BCUT2D eigenvalue weighted by molar-refractivity contribution is 5.97. The van der Waals surface area contributed by atoms with Gasteiger partial charge >= 0.3 is 12.1 Å². The standard InChI is InChI=1S/C26H27N9O3/c1-2-27-25(36)33-24-31-21-11-17(10-20(22(21)32-24)23-28-6-3-7-29-23)16-4-5-18(30-12-16)13-34-8-9-35-19(14-34)15-38-26(35)37/h3-7,10-12,19H,2,8-9,13-15H2,1H3,(H3,27,31,32,33,36). The Balaban J connectivity index is 1.26. The molecular formula is C26H27N9O3. The van der Waals surface area contributed by atoms with E-state index in [0.29, 0.717) is 43.5 Å². The summed E-state index contributed by atoms with van der Waals surface area (Å²) in [4.78, 5) is 49.2. The number of pyridine rings is 1. The maximum Gasteiger partial charge on any atom is 0.410 e. The summed E-state index contributed by atoms with van der Waals surface area (Å²) in [6.07, 6.45) is 5.02. The number of amides is 3. The molecule has 1 aromatic carbocycles. The van der Waals surface area contributed by atoms with Gasteiger partial charge in [0.1, 0.15) is 12.1 Å². The third-order valence-electron chi connectivity index (χ3n) is 6.71. The monoisotopic (exact) mass is 513 g/mol. The van der Waals surface area contributed by atoms with Gasteiger partial charge in [0.2, 0.25) is 5.95 Å².